The van der Waals surface area contributed by atoms with Crippen LogP contribution >= 0.6 is 0 Å². The Labute approximate surface area is 172 Å². The van der Waals surface area contributed by atoms with Crippen LogP contribution in [-0.4, -0.2) is 50.8 Å². The molecule has 2 aromatic carbocycles. The summed E-state index contributed by atoms with van der Waals surface area (Å²) in [5.74, 6) is -0.308. The van der Waals surface area contributed by atoms with Crippen LogP contribution in [0.4, 0.5) is 0 Å². The summed E-state index contributed by atoms with van der Waals surface area (Å²) in [6.07, 6.45) is -0.933. The Morgan fingerprint density at radius 3 is 2.43 bits per heavy atom. The number of ether oxygens (including phenoxy) is 5. The zero-order valence-corrected chi connectivity index (χ0v) is 16.1. The first-order chi connectivity index (χ1) is 14.6. The van der Waals surface area contributed by atoms with E-state index in [-0.39, 0.29) is 6.61 Å². The Kier molecular flexibility index (Phi) is 6.93. The third-order valence-corrected chi connectivity index (χ3v) is 3.90. The quantitative estimate of drug-likeness (QED) is 0.497. The van der Waals surface area contributed by atoms with Gasteiger partial charge in [0.15, 0.2) is 36.2 Å². The Bertz CT molecular complexity index is 917. The number of carbonyl (C=O) groups excluding carboxylic acids is 3. The standard InChI is InChI=1S/C20H20N2O8/c1-26-13-6-2-3-7-14(13)28-12-19(24)29-11-18(23)21-22-20(25)17-10-27-15-8-4-5-9-16(15)30-17/h2-9,17H,10-12H2,1H3,(H,21,23)(H,22,25)/t17-/m1/s1. The van der Waals surface area contributed by atoms with Crippen LogP contribution in [0.25, 0.3) is 0 Å². The first-order valence-electron chi connectivity index (χ1n) is 8.95. The smallest absolute Gasteiger partial charge is 0.344 e. The van der Waals surface area contributed by atoms with Crippen molar-refractivity contribution < 1.29 is 38.1 Å². The highest BCUT2D eigenvalue weighted by Crippen LogP contribution is 2.30. The largest absolute Gasteiger partial charge is 0.493 e. The normalized spacial score (nSPS) is 14.2. The minimum atomic E-state index is -0.933. The number of benzene rings is 2. The highest BCUT2D eigenvalue weighted by Gasteiger charge is 2.27. The second-order valence-electron chi connectivity index (χ2n) is 6.00. The van der Waals surface area contributed by atoms with Crippen LogP contribution in [0.3, 0.4) is 0 Å². The first kappa shape index (κ1) is 20.8. The fourth-order valence-corrected chi connectivity index (χ4v) is 2.46. The number of hydrogen-bond donors (Lipinski definition) is 2. The fourth-order valence-electron chi connectivity index (χ4n) is 2.46. The van der Waals surface area contributed by atoms with Gasteiger partial charge in [-0.2, -0.15) is 0 Å². The van der Waals surface area contributed by atoms with E-state index in [9.17, 15) is 14.4 Å². The lowest BCUT2D eigenvalue weighted by Gasteiger charge is -2.25. The van der Waals surface area contributed by atoms with Gasteiger partial charge in [-0.15, -0.1) is 0 Å². The van der Waals surface area contributed by atoms with Crippen LogP contribution < -0.4 is 29.8 Å². The summed E-state index contributed by atoms with van der Waals surface area (Å²) >= 11 is 0. The van der Waals surface area contributed by atoms with E-state index in [1.807, 2.05) is 0 Å². The minimum absolute atomic E-state index is 0.00596. The van der Waals surface area contributed by atoms with Crippen molar-refractivity contribution in [2.24, 2.45) is 0 Å². The predicted molar refractivity (Wildman–Crippen MR) is 102 cm³/mol. The first-order valence-corrected chi connectivity index (χ1v) is 8.95. The van der Waals surface area contributed by atoms with Crippen molar-refractivity contribution in [3.05, 3.63) is 48.5 Å². The van der Waals surface area contributed by atoms with Crippen molar-refractivity contribution in [3.8, 4) is 23.0 Å². The summed E-state index contributed by atoms with van der Waals surface area (Å²) in [6, 6.07) is 13.7. The number of methoxy groups -OCH3 is 1. The molecule has 30 heavy (non-hydrogen) atoms. The lowest BCUT2D eigenvalue weighted by atomic mass is 10.2. The van der Waals surface area contributed by atoms with Crippen molar-refractivity contribution >= 4 is 17.8 Å². The Balaban J connectivity index is 1.35. The second kappa shape index (κ2) is 10.0. The summed E-state index contributed by atoms with van der Waals surface area (Å²) in [7, 11) is 1.47. The SMILES string of the molecule is COc1ccccc1OCC(=O)OCC(=O)NNC(=O)[C@H]1COc2ccccc2O1. The number of para-hydroxylation sites is 4. The third-order valence-electron chi connectivity index (χ3n) is 3.90. The van der Waals surface area contributed by atoms with Gasteiger partial charge in [0.25, 0.3) is 11.8 Å². The van der Waals surface area contributed by atoms with Crippen LogP contribution in [0.2, 0.25) is 0 Å². The number of nitrogens with one attached hydrogen (secondary N) is 2. The molecule has 1 atom stereocenters. The van der Waals surface area contributed by atoms with Gasteiger partial charge >= 0.3 is 5.97 Å². The molecule has 10 nitrogen and oxygen atoms in total. The number of carbonyl (C=O) groups is 3. The van der Waals surface area contributed by atoms with E-state index in [2.05, 4.69) is 10.9 Å². The molecule has 0 unspecified atom stereocenters. The molecule has 0 spiro atoms. The molecular weight excluding hydrogens is 396 g/mol. The molecule has 1 aliphatic heterocycles. The van der Waals surface area contributed by atoms with Crippen LogP contribution in [0, 0.1) is 0 Å². The van der Waals surface area contributed by atoms with Crippen molar-refractivity contribution in [3.63, 3.8) is 0 Å². The van der Waals surface area contributed by atoms with E-state index in [1.54, 1.807) is 48.5 Å². The number of rotatable bonds is 7. The molecule has 2 N–H and O–H groups in total. The van der Waals surface area contributed by atoms with E-state index < -0.39 is 37.1 Å². The Morgan fingerprint density at radius 1 is 0.967 bits per heavy atom. The van der Waals surface area contributed by atoms with E-state index >= 15 is 0 Å². The maximum Gasteiger partial charge on any atom is 0.344 e. The van der Waals surface area contributed by atoms with Gasteiger partial charge in [0.1, 0.15) is 6.61 Å². The van der Waals surface area contributed by atoms with Gasteiger partial charge in [-0.1, -0.05) is 24.3 Å². The molecular formula is C20H20N2O8. The molecule has 0 aromatic heterocycles. The lowest BCUT2D eigenvalue weighted by Crippen LogP contribution is -2.51. The number of hydrogen-bond acceptors (Lipinski definition) is 8. The number of hydrazine groups is 1. The molecule has 3 rings (SSSR count). The maximum atomic E-state index is 12.1. The van der Waals surface area contributed by atoms with Crippen LogP contribution in [0.1, 0.15) is 0 Å². The molecule has 0 aliphatic carbocycles. The van der Waals surface area contributed by atoms with Crippen molar-refractivity contribution in [2.75, 3.05) is 26.9 Å². The van der Waals surface area contributed by atoms with Crippen LogP contribution in [0.15, 0.2) is 48.5 Å². The third kappa shape index (κ3) is 5.53. The average molecular weight is 416 g/mol. The van der Waals surface area contributed by atoms with Gasteiger partial charge < -0.3 is 23.7 Å². The zero-order valence-electron chi connectivity index (χ0n) is 16.1. The van der Waals surface area contributed by atoms with Gasteiger partial charge in [0.2, 0.25) is 6.10 Å². The highest BCUT2D eigenvalue weighted by atomic mass is 16.6. The Morgan fingerprint density at radius 2 is 1.67 bits per heavy atom. The Hall–Kier alpha value is -3.95. The summed E-state index contributed by atoms with van der Waals surface area (Å²) in [5, 5.41) is 0. The second-order valence-corrected chi connectivity index (χ2v) is 6.00. The van der Waals surface area contributed by atoms with E-state index in [1.165, 1.54) is 7.11 Å². The van der Waals surface area contributed by atoms with Crippen LogP contribution in [0.5, 0.6) is 23.0 Å². The molecule has 0 saturated heterocycles. The maximum absolute atomic E-state index is 12.1. The van der Waals surface area contributed by atoms with Gasteiger partial charge in [0, 0.05) is 0 Å². The van der Waals surface area contributed by atoms with Crippen LogP contribution in [-0.2, 0) is 19.1 Å². The van der Waals surface area contributed by atoms with Crippen molar-refractivity contribution in [1.29, 1.82) is 0 Å². The summed E-state index contributed by atoms with van der Waals surface area (Å²) < 4.78 is 26.1. The topological polar surface area (TPSA) is 121 Å². The average Bonchev–Trinajstić information content (AvgIpc) is 2.79. The van der Waals surface area contributed by atoms with Gasteiger partial charge in [-0.3, -0.25) is 20.4 Å². The molecule has 158 valence electrons. The van der Waals surface area contributed by atoms with Gasteiger partial charge in [-0.25, -0.2) is 4.79 Å². The van der Waals surface area contributed by atoms with E-state index in [0.29, 0.717) is 23.0 Å². The molecule has 0 saturated carbocycles. The predicted octanol–water partition coefficient (Wildman–Crippen LogP) is 0.605. The molecule has 0 radical (unpaired) electrons. The van der Waals surface area contributed by atoms with E-state index in [4.69, 9.17) is 23.7 Å². The molecule has 0 fully saturated rings. The zero-order chi connectivity index (χ0) is 21.3. The summed E-state index contributed by atoms with van der Waals surface area (Å²) in [5.41, 5.74) is 4.34. The van der Waals surface area contributed by atoms with Crippen molar-refractivity contribution in [1.82, 2.24) is 10.9 Å². The summed E-state index contributed by atoms with van der Waals surface area (Å²) in [4.78, 5) is 35.6. The van der Waals surface area contributed by atoms with Gasteiger partial charge in [0.05, 0.1) is 7.11 Å². The van der Waals surface area contributed by atoms with Gasteiger partial charge in [-0.05, 0) is 24.3 Å². The molecule has 10 heteroatoms. The summed E-state index contributed by atoms with van der Waals surface area (Å²) in [6.45, 7) is -1.01. The van der Waals surface area contributed by atoms with Crippen molar-refractivity contribution in [2.45, 2.75) is 6.10 Å². The highest BCUT2D eigenvalue weighted by molar-refractivity contribution is 5.86. The number of amides is 2. The molecule has 1 heterocycles. The van der Waals surface area contributed by atoms with E-state index in [0.717, 1.165) is 0 Å². The minimum Gasteiger partial charge on any atom is -0.493 e. The fraction of sp³-hybridized carbons (Fsp3) is 0.250. The number of fused-ring (bicyclic) bond motifs is 1. The number of esters is 1. The molecule has 1 aliphatic rings. The molecule has 0 bridgehead atoms. The molecule has 2 aromatic rings. The lowest BCUT2D eigenvalue weighted by molar-refractivity contribution is -0.151. The molecule has 2 amide bonds. The monoisotopic (exact) mass is 416 g/mol.